The lowest BCUT2D eigenvalue weighted by atomic mass is 10.0. The first kappa shape index (κ1) is 18.3. The first-order valence-electron chi connectivity index (χ1n) is 8.86. The minimum absolute atomic E-state index is 0.0138. The molecule has 0 bridgehead atoms. The molecule has 1 aromatic rings. The number of morpholine rings is 1. The van der Waals surface area contributed by atoms with Crippen LogP contribution in [0.4, 0.5) is 0 Å². The SMILES string of the molecule is CN(C)CCN1CCOC[C@@]2(C1)CN(C(=O)c1cccnc1)CCO2. The predicted octanol–water partition coefficient (Wildman–Crippen LogP) is 0.187. The Labute approximate surface area is 149 Å². The Bertz CT molecular complexity index is 569. The Balaban J connectivity index is 1.68. The lowest BCUT2D eigenvalue weighted by molar-refractivity contribution is -0.133. The van der Waals surface area contributed by atoms with Crippen molar-refractivity contribution in [2.45, 2.75) is 5.60 Å². The summed E-state index contributed by atoms with van der Waals surface area (Å²) >= 11 is 0. The van der Waals surface area contributed by atoms with Crippen molar-refractivity contribution in [3.05, 3.63) is 30.1 Å². The third-order valence-electron chi connectivity index (χ3n) is 4.74. The lowest BCUT2D eigenvalue weighted by Gasteiger charge is -2.43. The van der Waals surface area contributed by atoms with Gasteiger partial charge in [-0.05, 0) is 26.2 Å². The zero-order valence-corrected chi connectivity index (χ0v) is 15.2. The fraction of sp³-hybridized carbons (Fsp3) is 0.667. The molecule has 1 aromatic heterocycles. The third-order valence-corrected chi connectivity index (χ3v) is 4.74. The minimum atomic E-state index is -0.446. The van der Waals surface area contributed by atoms with E-state index in [1.165, 1.54) is 0 Å². The van der Waals surface area contributed by atoms with Gasteiger partial charge in [0.25, 0.3) is 5.91 Å². The van der Waals surface area contributed by atoms with Gasteiger partial charge >= 0.3 is 0 Å². The van der Waals surface area contributed by atoms with Crippen molar-refractivity contribution in [2.75, 3.05) is 73.2 Å². The summed E-state index contributed by atoms with van der Waals surface area (Å²) in [4.78, 5) is 23.3. The van der Waals surface area contributed by atoms with Gasteiger partial charge in [0.15, 0.2) is 0 Å². The summed E-state index contributed by atoms with van der Waals surface area (Å²) in [6.07, 6.45) is 3.30. The van der Waals surface area contributed by atoms with Gasteiger partial charge in [-0.1, -0.05) is 0 Å². The Morgan fingerprint density at radius 1 is 1.32 bits per heavy atom. The number of carbonyl (C=O) groups is 1. The molecule has 0 unspecified atom stereocenters. The smallest absolute Gasteiger partial charge is 0.255 e. The number of rotatable bonds is 4. The quantitative estimate of drug-likeness (QED) is 0.774. The monoisotopic (exact) mass is 348 g/mol. The van der Waals surface area contributed by atoms with Crippen LogP contribution in [-0.2, 0) is 9.47 Å². The van der Waals surface area contributed by atoms with Gasteiger partial charge in [0, 0.05) is 45.1 Å². The summed E-state index contributed by atoms with van der Waals surface area (Å²) in [5.41, 5.74) is 0.178. The summed E-state index contributed by atoms with van der Waals surface area (Å²) < 4.78 is 12.0. The molecule has 138 valence electrons. The van der Waals surface area contributed by atoms with Gasteiger partial charge < -0.3 is 19.3 Å². The van der Waals surface area contributed by atoms with Crippen molar-refractivity contribution in [3.8, 4) is 0 Å². The Morgan fingerprint density at radius 3 is 2.96 bits per heavy atom. The van der Waals surface area contributed by atoms with Crippen LogP contribution in [0.5, 0.6) is 0 Å². The zero-order valence-electron chi connectivity index (χ0n) is 15.2. The molecule has 7 nitrogen and oxygen atoms in total. The van der Waals surface area contributed by atoms with Crippen molar-refractivity contribution in [2.24, 2.45) is 0 Å². The maximum Gasteiger partial charge on any atom is 0.255 e. The van der Waals surface area contributed by atoms with E-state index in [0.717, 1.165) is 26.2 Å². The molecule has 1 atom stereocenters. The zero-order chi connectivity index (χ0) is 17.7. The molecule has 0 aromatic carbocycles. The molecular formula is C18H28N4O3. The second-order valence-electron chi connectivity index (χ2n) is 7.13. The van der Waals surface area contributed by atoms with Crippen LogP contribution in [-0.4, -0.2) is 104 Å². The molecule has 2 saturated heterocycles. The van der Waals surface area contributed by atoms with Crippen LogP contribution < -0.4 is 0 Å². The van der Waals surface area contributed by atoms with Crippen LogP contribution in [0.15, 0.2) is 24.5 Å². The van der Waals surface area contributed by atoms with Crippen LogP contribution in [0.2, 0.25) is 0 Å². The topological polar surface area (TPSA) is 58.1 Å². The second-order valence-corrected chi connectivity index (χ2v) is 7.13. The average molecular weight is 348 g/mol. The Morgan fingerprint density at radius 2 is 2.20 bits per heavy atom. The standard InChI is InChI=1S/C18H28N4O3/c1-20(2)6-7-21-8-10-24-15-18(13-21)14-22(9-11-25-18)17(23)16-4-3-5-19-12-16/h3-5,12H,6-11,13-15H2,1-2H3/t18-/m1/s1. The lowest BCUT2D eigenvalue weighted by Crippen LogP contribution is -2.60. The first-order chi connectivity index (χ1) is 12.1. The third kappa shape index (κ3) is 4.76. The maximum absolute atomic E-state index is 12.8. The van der Waals surface area contributed by atoms with Gasteiger partial charge in [-0.25, -0.2) is 0 Å². The number of carbonyl (C=O) groups excluding carboxylic acids is 1. The number of hydrogen-bond acceptors (Lipinski definition) is 6. The fourth-order valence-electron chi connectivity index (χ4n) is 3.39. The molecule has 3 heterocycles. The normalized spacial score (nSPS) is 25.3. The summed E-state index contributed by atoms with van der Waals surface area (Å²) in [5, 5.41) is 0. The molecule has 25 heavy (non-hydrogen) atoms. The van der Waals surface area contributed by atoms with E-state index in [-0.39, 0.29) is 5.91 Å². The van der Waals surface area contributed by atoms with Crippen LogP contribution in [0.25, 0.3) is 0 Å². The van der Waals surface area contributed by atoms with E-state index in [9.17, 15) is 4.79 Å². The molecule has 0 N–H and O–H groups in total. The second kappa shape index (κ2) is 8.23. The van der Waals surface area contributed by atoms with Gasteiger partial charge in [-0.3, -0.25) is 14.7 Å². The van der Waals surface area contributed by atoms with Crippen molar-refractivity contribution >= 4 is 5.91 Å². The Kier molecular flexibility index (Phi) is 6.01. The van der Waals surface area contributed by atoms with E-state index in [0.29, 0.717) is 38.5 Å². The summed E-state index contributed by atoms with van der Waals surface area (Å²) in [5.74, 6) is 0.0138. The number of ether oxygens (including phenoxy) is 2. The molecule has 0 radical (unpaired) electrons. The van der Waals surface area contributed by atoms with E-state index in [2.05, 4.69) is 28.9 Å². The highest BCUT2D eigenvalue weighted by Gasteiger charge is 2.41. The number of likely N-dealkylation sites (N-methyl/N-ethyl adjacent to an activating group) is 1. The van der Waals surface area contributed by atoms with E-state index in [1.807, 2.05) is 11.0 Å². The van der Waals surface area contributed by atoms with E-state index < -0.39 is 5.60 Å². The van der Waals surface area contributed by atoms with E-state index in [1.54, 1.807) is 18.5 Å². The molecule has 7 heteroatoms. The number of hydrogen-bond donors (Lipinski definition) is 0. The minimum Gasteiger partial charge on any atom is -0.377 e. The van der Waals surface area contributed by atoms with Gasteiger partial charge in [0.05, 0.1) is 31.9 Å². The van der Waals surface area contributed by atoms with Gasteiger partial charge in [-0.2, -0.15) is 0 Å². The van der Waals surface area contributed by atoms with Crippen LogP contribution in [0.3, 0.4) is 0 Å². The van der Waals surface area contributed by atoms with Crippen LogP contribution in [0.1, 0.15) is 10.4 Å². The van der Waals surface area contributed by atoms with E-state index in [4.69, 9.17) is 9.47 Å². The highest BCUT2D eigenvalue weighted by atomic mass is 16.5. The van der Waals surface area contributed by atoms with Crippen LogP contribution in [0, 0.1) is 0 Å². The molecule has 0 saturated carbocycles. The number of aromatic nitrogens is 1. The summed E-state index contributed by atoms with van der Waals surface area (Å²) in [6, 6.07) is 3.60. The highest BCUT2D eigenvalue weighted by Crippen LogP contribution is 2.23. The average Bonchev–Trinajstić information content (AvgIpc) is 2.82. The van der Waals surface area contributed by atoms with Gasteiger partial charge in [-0.15, -0.1) is 0 Å². The van der Waals surface area contributed by atoms with Crippen molar-refractivity contribution in [3.63, 3.8) is 0 Å². The first-order valence-corrected chi connectivity index (χ1v) is 8.86. The van der Waals surface area contributed by atoms with Crippen molar-refractivity contribution in [1.29, 1.82) is 0 Å². The van der Waals surface area contributed by atoms with E-state index >= 15 is 0 Å². The molecule has 2 aliphatic rings. The molecule has 3 rings (SSSR count). The molecular weight excluding hydrogens is 320 g/mol. The number of amides is 1. The van der Waals surface area contributed by atoms with Crippen molar-refractivity contribution in [1.82, 2.24) is 19.7 Å². The molecule has 0 aliphatic carbocycles. The highest BCUT2D eigenvalue weighted by molar-refractivity contribution is 5.94. The maximum atomic E-state index is 12.8. The molecule has 1 amide bonds. The van der Waals surface area contributed by atoms with Gasteiger partial charge in [0.1, 0.15) is 5.60 Å². The van der Waals surface area contributed by atoms with Gasteiger partial charge in [0.2, 0.25) is 0 Å². The summed E-state index contributed by atoms with van der Waals surface area (Å²) in [6.45, 7) is 6.58. The van der Waals surface area contributed by atoms with Crippen LogP contribution >= 0.6 is 0 Å². The largest absolute Gasteiger partial charge is 0.377 e. The summed E-state index contributed by atoms with van der Waals surface area (Å²) in [7, 11) is 4.16. The Hall–Kier alpha value is -1.54. The fourth-order valence-corrected chi connectivity index (χ4v) is 3.39. The molecule has 2 aliphatic heterocycles. The molecule has 2 fully saturated rings. The number of nitrogens with zero attached hydrogens (tertiary/aromatic N) is 4. The van der Waals surface area contributed by atoms with Crippen molar-refractivity contribution < 1.29 is 14.3 Å². The predicted molar refractivity (Wildman–Crippen MR) is 94.6 cm³/mol. The number of pyridine rings is 1. The molecule has 1 spiro atoms.